The molecule has 0 bridgehead atoms. The van der Waals surface area contributed by atoms with E-state index in [1.807, 2.05) is 24.3 Å². The van der Waals surface area contributed by atoms with Gasteiger partial charge < -0.3 is 24.4 Å². The smallest absolute Gasteiger partial charge is 0.462 e. The molecule has 274 valence electrons. The highest BCUT2D eigenvalue weighted by Gasteiger charge is 2.22. The van der Waals surface area contributed by atoms with E-state index in [9.17, 15) is 19.3 Å². The van der Waals surface area contributed by atoms with E-state index in [1.54, 1.807) is 6.08 Å². The van der Waals surface area contributed by atoms with E-state index < -0.39 is 38.6 Å². The largest absolute Gasteiger partial charge is 0.469 e. The van der Waals surface area contributed by atoms with Crippen molar-refractivity contribution in [1.82, 2.24) is 0 Å². The van der Waals surface area contributed by atoms with Crippen molar-refractivity contribution in [2.75, 3.05) is 13.2 Å². The molecule has 0 spiro atoms. The van der Waals surface area contributed by atoms with Crippen LogP contribution in [-0.4, -0.2) is 52.3 Å². The van der Waals surface area contributed by atoms with Gasteiger partial charge in [-0.25, -0.2) is 4.57 Å². The van der Waals surface area contributed by atoms with Crippen molar-refractivity contribution in [3.63, 3.8) is 0 Å². The molecule has 3 N–H and O–H groups in total. The Morgan fingerprint density at radius 1 is 0.702 bits per heavy atom. The fourth-order valence-corrected chi connectivity index (χ4v) is 5.31. The van der Waals surface area contributed by atoms with Crippen LogP contribution in [0.2, 0.25) is 0 Å². The fourth-order valence-electron chi connectivity index (χ4n) is 4.95. The summed E-state index contributed by atoms with van der Waals surface area (Å²) in [7, 11) is -4.77. The van der Waals surface area contributed by atoms with Crippen LogP contribution in [0.4, 0.5) is 0 Å². The van der Waals surface area contributed by atoms with Crippen LogP contribution in [0.5, 0.6) is 0 Å². The Hall–Kier alpha value is -1.77. The second-order valence-corrected chi connectivity index (χ2v) is 14.1. The van der Waals surface area contributed by atoms with Crippen molar-refractivity contribution in [3.8, 4) is 0 Å². The number of phosphoric ester groups is 1. The molecule has 2 atom stereocenters. The molecule has 9 nitrogen and oxygen atoms in total. The van der Waals surface area contributed by atoms with Crippen molar-refractivity contribution in [2.45, 2.75) is 168 Å². The molecule has 0 aliphatic heterocycles. The van der Waals surface area contributed by atoms with E-state index >= 15 is 0 Å². The SMILES string of the molecule is CC/C=C/CC(O)/C=C/C=C/CCCCCCCC(=O)O[C@H](COC(=O)CCCCCCCCCCCCC(C)C)COP(=O)(O)O. The average molecular weight is 687 g/mol. The zero-order valence-electron chi connectivity index (χ0n) is 29.7. The van der Waals surface area contributed by atoms with E-state index in [-0.39, 0.29) is 19.4 Å². The van der Waals surface area contributed by atoms with Crippen LogP contribution in [0.15, 0.2) is 36.5 Å². The van der Waals surface area contributed by atoms with Crippen LogP contribution in [-0.2, 0) is 28.2 Å². The van der Waals surface area contributed by atoms with E-state index in [4.69, 9.17) is 19.3 Å². The van der Waals surface area contributed by atoms with Crippen molar-refractivity contribution >= 4 is 19.8 Å². The van der Waals surface area contributed by atoms with Gasteiger partial charge in [0.15, 0.2) is 6.10 Å². The van der Waals surface area contributed by atoms with Crippen LogP contribution in [0.25, 0.3) is 0 Å². The summed E-state index contributed by atoms with van der Waals surface area (Å²) in [5.41, 5.74) is 0. The van der Waals surface area contributed by atoms with E-state index in [0.29, 0.717) is 19.3 Å². The van der Waals surface area contributed by atoms with Gasteiger partial charge in [-0.1, -0.05) is 141 Å². The first-order valence-corrected chi connectivity index (χ1v) is 19.8. The van der Waals surface area contributed by atoms with Crippen molar-refractivity contribution in [2.24, 2.45) is 5.92 Å². The Balaban J connectivity index is 4.06. The second-order valence-electron chi connectivity index (χ2n) is 12.9. The Morgan fingerprint density at radius 2 is 1.26 bits per heavy atom. The van der Waals surface area contributed by atoms with Gasteiger partial charge in [0.1, 0.15) is 6.61 Å². The molecule has 0 saturated heterocycles. The molecule has 0 saturated carbocycles. The average Bonchev–Trinajstić information content (AvgIpc) is 3.01. The van der Waals surface area contributed by atoms with Gasteiger partial charge in [0, 0.05) is 12.8 Å². The van der Waals surface area contributed by atoms with Crippen LogP contribution >= 0.6 is 7.82 Å². The lowest BCUT2D eigenvalue weighted by Gasteiger charge is -2.18. The number of ether oxygens (including phenoxy) is 2. The lowest BCUT2D eigenvalue weighted by molar-refractivity contribution is -0.161. The third-order valence-electron chi connectivity index (χ3n) is 7.68. The van der Waals surface area contributed by atoms with Crippen molar-refractivity contribution < 1.29 is 43.0 Å². The molecule has 0 fully saturated rings. The van der Waals surface area contributed by atoms with Crippen molar-refractivity contribution in [1.29, 1.82) is 0 Å². The maximum absolute atomic E-state index is 12.3. The molecule has 47 heavy (non-hydrogen) atoms. The van der Waals surface area contributed by atoms with Gasteiger partial charge in [0.25, 0.3) is 0 Å². The van der Waals surface area contributed by atoms with Gasteiger partial charge in [-0.05, 0) is 44.4 Å². The first-order chi connectivity index (χ1) is 22.5. The number of carbonyl (C=O) groups excluding carboxylic acids is 2. The predicted octanol–water partition coefficient (Wildman–Crippen LogP) is 9.45. The molecule has 0 aromatic rings. The number of rotatable bonds is 32. The molecule has 10 heteroatoms. The maximum atomic E-state index is 12.3. The summed E-state index contributed by atoms with van der Waals surface area (Å²) in [5.74, 6) is -0.145. The molecular weight excluding hydrogens is 619 g/mol. The number of allylic oxidation sites excluding steroid dienone is 4. The Morgan fingerprint density at radius 3 is 1.83 bits per heavy atom. The molecular formula is C37H67O9P. The van der Waals surface area contributed by atoms with Crippen LogP contribution in [0.3, 0.4) is 0 Å². The van der Waals surface area contributed by atoms with Crippen molar-refractivity contribution in [3.05, 3.63) is 36.5 Å². The summed E-state index contributed by atoms with van der Waals surface area (Å²) in [6.45, 7) is 5.74. The Kier molecular flexibility index (Phi) is 30.3. The minimum atomic E-state index is -4.77. The summed E-state index contributed by atoms with van der Waals surface area (Å²) in [4.78, 5) is 42.6. The molecule has 0 amide bonds. The van der Waals surface area contributed by atoms with E-state index in [0.717, 1.165) is 63.7 Å². The number of hydrogen-bond acceptors (Lipinski definition) is 7. The van der Waals surface area contributed by atoms with Gasteiger partial charge in [-0.15, -0.1) is 0 Å². The van der Waals surface area contributed by atoms with Gasteiger partial charge >= 0.3 is 19.8 Å². The first-order valence-electron chi connectivity index (χ1n) is 18.2. The van der Waals surface area contributed by atoms with Crippen LogP contribution in [0.1, 0.15) is 156 Å². The highest BCUT2D eigenvalue weighted by Crippen LogP contribution is 2.36. The Bertz CT molecular complexity index is 894. The topological polar surface area (TPSA) is 140 Å². The van der Waals surface area contributed by atoms with Crippen LogP contribution < -0.4 is 0 Å². The monoisotopic (exact) mass is 686 g/mol. The number of unbranched alkanes of at least 4 members (excludes halogenated alkanes) is 14. The van der Waals surface area contributed by atoms with Gasteiger partial charge in [0.2, 0.25) is 0 Å². The molecule has 0 radical (unpaired) electrons. The van der Waals surface area contributed by atoms with E-state index in [1.165, 1.54) is 44.9 Å². The fraction of sp³-hybridized carbons (Fsp3) is 0.784. The molecule has 0 aromatic carbocycles. The quantitative estimate of drug-likeness (QED) is 0.0208. The number of carbonyl (C=O) groups is 2. The number of aliphatic hydroxyl groups is 1. The molecule has 0 aliphatic carbocycles. The molecule has 0 aromatic heterocycles. The summed E-state index contributed by atoms with van der Waals surface area (Å²) in [6.07, 6.45) is 30.6. The summed E-state index contributed by atoms with van der Waals surface area (Å²) in [6, 6.07) is 0. The predicted molar refractivity (Wildman–Crippen MR) is 190 cm³/mol. The zero-order valence-corrected chi connectivity index (χ0v) is 30.6. The number of esters is 2. The lowest BCUT2D eigenvalue weighted by Crippen LogP contribution is -2.29. The lowest BCUT2D eigenvalue weighted by atomic mass is 10.0. The minimum Gasteiger partial charge on any atom is -0.462 e. The summed E-state index contributed by atoms with van der Waals surface area (Å²) >= 11 is 0. The normalized spacial score (nSPS) is 13.7. The highest BCUT2D eigenvalue weighted by molar-refractivity contribution is 7.46. The number of hydrogen-bond donors (Lipinski definition) is 3. The molecule has 0 rings (SSSR count). The minimum absolute atomic E-state index is 0.166. The number of aliphatic hydroxyl groups excluding tert-OH is 1. The third-order valence-corrected chi connectivity index (χ3v) is 8.17. The zero-order chi connectivity index (χ0) is 35.0. The van der Waals surface area contributed by atoms with E-state index in [2.05, 4.69) is 31.4 Å². The first kappa shape index (κ1) is 45.2. The van der Waals surface area contributed by atoms with Gasteiger partial charge in [0.05, 0.1) is 12.7 Å². The second kappa shape index (κ2) is 31.5. The summed E-state index contributed by atoms with van der Waals surface area (Å²) in [5, 5.41) is 9.82. The third kappa shape index (κ3) is 35.4. The highest BCUT2D eigenvalue weighted by atomic mass is 31.2. The van der Waals surface area contributed by atoms with Crippen LogP contribution in [0, 0.1) is 5.92 Å². The van der Waals surface area contributed by atoms with Gasteiger partial charge in [-0.2, -0.15) is 0 Å². The number of phosphoric acid groups is 1. The maximum Gasteiger partial charge on any atom is 0.469 e. The van der Waals surface area contributed by atoms with Gasteiger partial charge in [-0.3, -0.25) is 14.1 Å². The molecule has 0 aliphatic rings. The molecule has 1 unspecified atom stereocenters. The standard InChI is InChI=1S/C37H67O9P/c1-4-5-21-27-34(38)28-23-18-14-10-8-12-16-20-25-30-37(40)46-35(32-45-47(41,42)43)31-44-36(39)29-24-19-15-11-7-6-9-13-17-22-26-33(2)3/h5,14,18,21,23,28,33-35,38H,4,6-13,15-17,19-20,22,24-27,29-32H2,1-3H3,(H2,41,42,43)/b18-14+,21-5+,28-23+/t34?,35-/m1/s1. The molecule has 0 heterocycles. The summed E-state index contributed by atoms with van der Waals surface area (Å²) < 4.78 is 26.2. The Labute approximate surface area is 285 Å².